The lowest BCUT2D eigenvalue weighted by Gasteiger charge is -2.11. The van der Waals surface area contributed by atoms with E-state index in [1.165, 1.54) is 0 Å². The summed E-state index contributed by atoms with van der Waals surface area (Å²) >= 11 is 0. The number of carbonyl (C=O) groups is 1. The zero-order valence-corrected chi connectivity index (χ0v) is 19.1. The van der Waals surface area contributed by atoms with Gasteiger partial charge in [0.1, 0.15) is 23.0 Å². The molecule has 0 atom stereocenters. The molecular formula is C27H28N2O3. The third-order valence-corrected chi connectivity index (χ3v) is 4.95. The van der Waals surface area contributed by atoms with Crippen LogP contribution < -0.4 is 9.47 Å². The number of carbonyl (C=O) groups excluding carboxylic acids is 1. The van der Waals surface area contributed by atoms with Crippen LogP contribution in [0.5, 0.6) is 11.5 Å². The maximum absolute atomic E-state index is 13.1. The first-order chi connectivity index (χ1) is 15.6. The van der Waals surface area contributed by atoms with E-state index in [-0.39, 0.29) is 5.78 Å². The summed E-state index contributed by atoms with van der Waals surface area (Å²) in [6.07, 6.45) is 1.78. The molecule has 0 aliphatic heterocycles. The second-order valence-electron chi connectivity index (χ2n) is 6.91. The van der Waals surface area contributed by atoms with Crippen molar-refractivity contribution in [1.82, 2.24) is 9.55 Å². The molecule has 4 rings (SSSR count). The number of imidazole rings is 1. The maximum Gasteiger partial charge on any atom is 0.212 e. The zero-order valence-electron chi connectivity index (χ0n) is 19.1. The van der Waals surface area contributed by atoms with Crippen LogP contribution in [0.2, 0.25) is 0 Å². The van der Waals surface area contributed by atoms with Gasteiger partial charge < -0.3 is 9.47 Å². The summed E-state index contributed by atoms with van der Waals surface area (Å²) in [5, 5.41) is 0. The number of hydrogen-bond donors (Lipinski definition) is 0. The van der Waals surface area contributed by atoms with Crippen LogP contribution in [-0.2, 0) is 0 Å². The summed E-state index contributed by atoms with van der Waals surface area (Å²) < 4.78 is 12.6. The van der Waals surface area contributed by atoms with Gasteiger partial charge in [0.25, 0.3) is 0 Å². The Morgan fingerprint density at radius 3 is 2.12 bits per heavy atom. The van der Waals surface area contributed by atoms with Crippen LogP contribution in [0.25, 0.3) is 17.1 Å². The minimum atomic E-state index is -0.153. The molecule has 0 amide bonds. The van der Waals surface area contributed by atoms with Crippen molar-refractivity contribution in [2.75, 3.05) is 14.2 Å². The van der Waals surface area contributed by atoms with Gasteiger partial charge in [-0.3, -0.25) is 9.36 Å². The lowest BCUT2D eigenvalue weighted by molar-refractivity contribution is 0.103. The molecule has 32 heavy (non-hydrogen) atoms. The fraction of sp³-hybridized carbons (Fsp3) is 0.185. The minimum absolute atomic E-state index is 0.153. The van der Waals surface area contributed by atoms with E-state index in [1.807, 2.05) is 73.9 Å². The molecule has 0 fully saturated rings. The van der Waals surface area contributed by atoms with Crippen molar-refractivity contribution in [1.29, 1.82) is 0 Å². The van der Waals surface area contributed by atoms with Crippen LogP contribution in [0.1, 0.15) is 35.5 Å². The third kappa shape index (κ3) is 4.72. The first kappa shape index (κ1) is 22.8. The second-order valence-corrected chi connectivity index (χ2v) is 6.91. The van der Waals surface area contributed by atoms with E-state index < -0.39 is 0 Å². The number of aromatic nitrogens is 2. The number of hydrogen-bond acceptors (Lipinski definition) is 4. The lowest BCUT2D eigenvalue weighted by atomic mass is 10.1. The molecule has 5 nitrogen and oxygen atoms in total. The minimum Gasteiger partial charge on any atom is -0.497 e. The Morgan fingerprint density at radius 2 is 1.50 bits per heavy atom. The van der Waals surface area contributed by atoms with Crippen molar-refractivity contribution in [3.05, 3.63) is 95.8 Å². The number of rotatable bonds is 6. The third-order valence-electron chi connectivity index (χ3n) is 4.95. The number of methoxy groups -OCH3 is 2. The smallest absolute Gasteiger partial charge is 0.212 e. The van der Waals surface area contributed by atoms with Crippen molar-refractivity contribution in [2.45, 2.75) is 20.8 Å². The Balaban J connectivity index is 0.00000141. The fourth-order valence-electron chi connectivity index (χ4n) is 3.30. The van der Waals surface area contributed by atoms with Gasteiger partial charge in [-0.15, -0.1) is 0 Å². The van der Waals surface area contributed by atoms with Gasteiger partial charge in [-0.05, 0) is 55.5 Å². The van der Waals surface area contributed by atoms with Crippen molar-refractivity contribution in [2.24, 2.45) is 0 Å². The molecule has 3 aromatic carbocycles. The van der Waals surface area contributed by atoms with Crippen LogP contribution in [0, 0.1) is 6.92 Å². The number of benzene rings is 3. The highest BCUT2D eigenvalue weighted by Gasteiger charge is 2.20. The van der Waals surface area contributed by atoms with E-state index in [9.17, 15) is 4.79 Å². The molecule has 1 heterocycles. The van der Waals surface area contributed by atoms with E-state index >= 15 is 0 Å². The van der Waals surface area contributed by atoms with Gasteiger partial charge >= 0.3 is 0 Å². The van der Waals surface area contributed by atoms with Crippen molar-refractivity contribution in [3.8, 4) is 28.6 Å². The summed E-state index contributed by atoms with van der Waals surface area (Å²) in [6, 6.07) is 22.8. The van der Waals surface area contributed by atoms with Crippen LogP contribution in [0.4, 0.5) is 0 Å². The normalized spacial score (nSPS) is 10.2. The van der Waals surface area contributed by atoms with Crippen LogP contribution in [0.15, 0.2) is 79.0 Å². The van der Waals surface area contributed by atoms with Crippen molar-refractivity contribution >= 4 is 5.78 Å². The molecule has 0 aliphatic rings. The Labute approximate surface area is 189 Å². The maximum atomic E-state index is 13.1. The van der Waals surface area contributed by atoms with E-state index in [2.05, 4.69) is 0 Å². The number of ketones is 1. The van der Waals surface area contributed by atoms with E-state index in [1.54, 1.807) is 44.7 Å². The number of ether oxygens (including phenoxy) is 2. The van der Waals surface area contributed by atoms with Crippen molar-refractivity contribution in [3.63, 3.8) is 0 Å². The summed E-state index contributed by atoms with van der Waals surface area (Å²) in [5.41, 5.74) is 3.81. The number of para-hydroxylation sites is 1. The zero-order chi connectivity index (χ0) is 23.1. The first-order valence-electron chi connectivity index (χ1n) is 10.6. The molecule has 4 aromatic rings. The molecule has 164 valence electrons. The number of aryl methyl sites for hydroxylation is 1. The molecular weight excluding hydrogens is 400 g/mol. The molecule has 1 aromatic heterocycles. The van der Waals surface area contributed by atoms with Gasteiger partial charge in [-0.1, -0.05) is 43.7 Å². The predicted octanol–water partition coefficient (Wildman–Crippen LogP) is 6.12. The molecule has 0 spiro atoms. The van der Waals surface area contributed by atoms with E-state index in [0.29, 0.717) is 28.6 Å². The molecule has 0 unspecified atom stereocenters. The Morgan fingerprint density at radius 1 is 0.844 bits per heavy atom. The highest BCUT2D eigenvalue weighted by molar-refractivity contribution is 6.08. The average Bonchev–Trinajstić information content (AvgIpc) is 3.30. The van der Waals surface area contributed by atoms with Gasteiger partial charge in [0.15, 0.2) is 0 Å². The van der Waals surface area contributed by atoms with Gasteiger partial charge in [0, 0.05) is 17.4 Å². The van der Waals surface area contributed by atoms with Crippen molar-refractivity contribution < 1.29 is 14.3 Å². The topological polar surface area (TPSA) is 53.4 Å². The summed E-state index contributed by atoms with van der Waals surface area (Å²) in [4.78, 5) is 17.8. The second kappa shape index (κ2) is 10.4. The summed E-state index contributed by atoms with van der Waals surface area (Å²) in [5.74, 6) is 1.89. The largest absolute Gasteiger partial charge is 0.497 e. The molecule has 0 saturated heterocycles. The highest BCUT2D eigenvalue weighted by Crippen LogP contribution is 2.31. The van der Waals surface area contributed by atoms with Crippen LogP contribution in [0.3, 0.4) is 0 Å². The lowest BCUT2D eigenvalue weighted by Crippen LogP contribution is -2.01. The van der Waals surface area contributed by atoms with E-state index in [0.717, 1.165) is 16.8 Å². The molecule has 0 N–H and O–H groups in total. The predicted molar refractivity (Wildman–Crippen MR) is 128 cm³/mol. The van der Waals surface area contributed by atoms with E-state index in [4.69, 9.17) is 14.5 Å². The fourth-order valence-corrected chi connectivity index (χ4v) is 3.30. The molecule has 0 bridgehead atoms. The molecule has 5 heteroatoms. The summed E-state index contributed by atoms with van der Waals surface area (Å²) in [6.45, 7) is 6.04. The average molecular weight is 429 g/mol. The SMILES string of the molecule is CC.COc1ccc(C(=O)c2cn(-c3ccc(C)cc3)c(-c3ccccc3OC)n2)cc1. The number of nitrogens with zero attached hydrogens (tertiary/aromatic N) is 2. The van der Waals surface area contributed by atoms with Gasteiger partial charge in [0.2, 0.25) is 5.78 Å². The van der Waals surface area contributed by atoms with Gasteiger partial charge in [-0.2, -0.15) is 0 Å². The quantitative estimate of drug-likeness (QED) is 0.347. The first-order valence-corrected chi connectivity index (χ1v) is 10.6. The standard InChI is InChI=1S/C25H22N2O3.C2H6/c1-17-8-12-19(13-9-17)27-16-22(24(28)18-10-14-20(29-2)15-11-18)26-25(27)21-6-4-5-7-23(21)30-3;1-2/h4-16H,1-3H3;1-2H3. The highest BCUT2D eigenvalue weighted by atomic mass is 16.5. The molecule has 0 aliphatic carbocycles. The Kier molecular flexibility index (Phi) is 7.45. The van der Waals surface area contributed by atoms with Crippen LogP contribution >= 0.6 is 0 Å². The Hall–Kier alpha value is -3.86. The molecule has 0 radical (unpaired) electrons. The van der Waals surface area contributed by atoms with Crippen LogP contribution in [-0.4, -0.2) is 29.6 Å². The summed E-state index contributed by atoms with van der Waals surface area (Å²) in [7, 11) is 3.22. The Bertz CT molecular complexity index is 1180. The van der Waals surface area contributed by atoms with Gasteiger partial charge in [-0.25, -0.2) is 4.98 Å². The van der Waals surface area contributed by atoms with Gasteiger partial charge in [0.05, 0.1) is 19.8 Å². The monoisotopic (exact) mass is 428 g/mol. The molecule has 0 saturated carbocycles.